The maximum absolute atomic E-state index is 11.7. The van der Waals surface area contributed by atoms with E-state index in [1.54, 1.807) is 14.2 Å². The molecule has 4 N–H and O–H groups in total. The number of carbonyl (C=O) groups excluding carboxylic acids is 1. The second-order valence-corrected chi connectivity index (χ2v) is 3.65. The van der Waals surface area contributed by atoms with Crippen LogP contribution in [0.3, 0.4) is 0 Å². The highest BCUT2D eigenvalue weighted by Gasteiger charge is 2.19. The topological polar surface area (TPSA) is 76.4 Å². The van der Waals surface area contributed by atoms with Gasteiger partial charge in [-0.05, 0) is 18.1 Å². The molecular weight excluding hydrogens is 218 g/mol. The van der Waals surface area contributed by atoms with E-state index < -0.39 is 6.04 Å². The number of hydrazine groups is 1. The lowest BCUT2D eigenvalue weighted by molar-refractivity contribution is -0.123. The Labute approximate surface area is 101 Å². The van der Waals surface area contributed by atoms with Crippen LogP contribution in [0.25, 0.3) is 0 Å². The van der Waals surface area contributed by atoms with E-state index in [0.717, 1.165) is 12.0 Å². The molecule has 0 saturated carbocycles. The molecule has 0 saturated heterocycles. The molecule has 0 aliphatic rings. The van der Waals surface area contributed by atoms with Crippen LogP contribution in [-0.2, 0) is 11.2 Å². The van der Waals surface area contributed by atoms with E-state index in [0.29, 0.717) is 11.3 Å². The lowest BCUT2D eigenvalue weighted by Crippen LogP contribution is -2.40. The van der Waals surface area contributed by atoms with Crippen LogP contribution in [0.2, 0.25) is 0 Å². The Morgan fingerprint density at radius 1 is 1.53 bits per heavy atom. The number of carbonyl (C=O) groups is 1. The van der Waals surface area contributed by atoms with Crippen molar-refractivity contribution in [3.05, 3.63) is 29.3 Å². The van der Waals surface area contributed by atoms with Gasteiger partial charge in [0.15, 0.2) is 0 Å². The van der Waals surface area contributed by atoms with Crippen molar-refractivity contribution in [3.63, 3.8) is 0 Å². The number of nitrogens with one attached hydrogen (secondary N) is 2. The van der Waals surface area contributed by atoms with Crippen molar-refractivity contribution < 1.29 is 9.53 Å². The Kier molecular flexibility index (Phi) is 4.93. The van der Waals surface area contributed by atoms with Crippen molar-refractivity contribution >= 4 is 5.91 Å². The SMILES string of the molecule is CCc1ccc(OC)c(C(N)C(=O)NNC)c1. The molecule has 0 heterocycles. The van der Waals surface area contributed by atoms with E-state index in [1.807, 2.05) is 25.1 Å². The first-order chi connectivity index (χ1) is 8.13. The zero-order valence-electron chi connectivity index (χ0n) is 10.4. The molecule has 1 rings (SSSR count). The Bertz CT molecular complexity index is 393. The third-order valence-corrected chi connectivity index (χ3v) is 2.57. The predicted octanol–water partition coefficient (Wildman–Crippen LogP) is 0.508. The van der Waals surface area contributed by atoms with Crippen molar-refractivity contribution in [1.29, 1.82) is 0 Å². The number of benzene rings is 1. The van der Waals surface area contributed by atoms with Crippen LogP contribution in [-0.4, -0.2) is 20.1 Å². The number of hydrogen-bond acceptors (Lipinski definition) is 4. The summed E-state index contributed by atoms with van der Waals surface area (Å²) in [4.78, 5) is 11.7. The van der Waals surface area contributed by atoms with Gasteiger partial charge in [0.1, 0.15) is 11.8 Å². The van der Waals surface area contributed by atoms with Crippen LogP contribution in [0.15, 0.2) is 18.2 Å². The van der Waals surface area contributed by atoms with Crippen LogP contribution in [0.5, 0.6) is 5.75 Å². The van der Waals surface area contributed by atoms with Gasteiger partial charge in [0, 0.05) is 12.6 Å². The number of aryl methyl sites for hydroxylation is 1. The van der Waals surface area contributed by atoms with Gasteiger partial charge in [0.05, 0.1) is 7.11 Å². The lowest BCUT2D eigenvalue weighted by atomic mass is 10.0. The molecule has 0 fully saturated rings. The summed E-state index contributed by atoms with van der Waals surface area (Å²) >= 11 is 0. The van der Waals surface area contributed by atoms with Crippen LogP contribution < -0.4 is 21.3 Å². The second kappa shape index (κ2) is 6.22. The molecule has 94 valence electrons. The lowest BCUT2D eigenvalue weighted by Gasteiger charge is -2.16. The molecule has 0 aromatic heterocycles. The fourth-order valence-corrected chi connectivity index (χ4v) is 1.59. The summed E-state index contributed by atoms with van der Waals surface area (Å²) in [5.74, 6) is 0.333. The minimum atomic E-state index is -0.746. The van der Waals surface area contributed by atoms with Crippen molar-refractivity contribution in [2.24, 2.45) is 5.73 Å². The van der Waals surface area contributed by atoms with Gasteiger partial charge in [0.2, 0.25) is 0 Å². The number of hydrogen-bond donors (Lipinski definition) is 3. The van der Waals surface area contributed by atoms with Crippen molar-refractivity contribution in [1.82, 2.24) is 10.9 Å². The highest BCUT2D eigenvalue weighted by atomic mass is 16.5. The number of amides is 1. The minimum Gasteiger partial charge on any atom is -0.496 e. The van der Waals surface area contributed by atoms with Crippen LogP contribution in [0.1, 0.15) is 24.1 Å². The summed E-state index contributed by atoms with van der Waals surface area (Å²) in [6, 6.07) is 4.95. The first kappa shape index (κ1) is 13.5. The Hall–Kier alpha value is -1.59. The molecule has 1 atom stereocenters. The summed E-state index contributed by atoms with van der Waals surface area (Å²) in [5.41, 5.74) is 12.7. The molecule has 5 nitrogen and oxygen atoms in total. The molecule has 1 unspecified atom stereocenters. The number of methoxy groups -OCH3 is 1. The maximum Gasteiger partial charge on any atom is 0.255 e. The number of rotatable bonds is 5. The summed E-state index contributed by atoms with van der Waals surface area (Å²) in [7, 11) is 3.18. The first-order valence-electron chi connectivity index (χ1n) is 5.53. The highest BCUT2D eigenvalue weighted by molar-refractivity contribution is 5.83. The molecular formula is C12H19N3O2. The van der Waals surface area contributed by atoms with E-state index in [4.69, 9.17) is 10.5 Å². The quantitative estimate of drug-likeness (QED) is 0.652. The maximum atomic E-state index is 11.7. The largest absolute Gasteiger partial charge is 0.496 e. The highest BCUT2D eigenvalue weighted by Crippen LogP contribution is 2.25. The van der Waals surface area contributed by atoms with Gasteiger partial charge in [-0.1, -0.05) is 19.1 Å². The average Bonchev–Trinajstić information content (AvgIpc) is 2.37. The van der Waals surface area contributed by atoms with Crippen LogP contribution in [0, 0.1) is 0 Å². The smallest absolute Gasteiger partial charge is 0.255 e. The van der Waals surface area contributed by atoms with Gasteiger partial charge >= 0.3 is 0 Å². The van der Waals surface area contributed by atoms with Gasteiger partial charge in [0.25, 0.3) is 5.91 Å². The molecule has 0 aliphatic heterocycles. The van der Waals surface area contributed by atoms with Crippen molar-refractivity contribution in [3.8, 4) is 5.75 Å². The number of ether oxygens (including phenoxy) is 1. The summed E-state index contributed by atoms with van der Waals surface area (Å²) in [5, 5.41) is 0. The number of nitrogens with two attached hydrogens (primary N) is 1. The molecule has 0 spiro atoms. The Morgan fingerprint density at radius 2 is 2.24 bits per heavy atom. The molecule has 0 bridgehead atoms. The predicted molar refractivity (Wildman–Crippen MR) is 66.5 cm³/mol. The molecule has 1 amide bonds. The van der Waals surface area contributed by atoms with Crippen LogP contribution >= 0.6 is 0 Å². The van der Waals surface area contributed by atoms with Gasteiger partial charge in [-0.25, -0.2) is 5.43 Å². The van der Waals surface area contributed by atoms with Crippen LogP contribution in [0.4, 0.5) is 0 Å². The molecule has 0 radical (unpaired) electrons. The Balaban J connectivity index is 3.04. The van der Waals surface area contributed by atoms with Gasteiger partial charge < -0.3 is 10.5 Å². The van der Waals surface area contributed by atoms with Crippen molar-refractivity contribution in [2.75, 3.05) is 14.2 Å². The molecule has 1 aromatic carbocycles. The zero-order chi connectivity index (χ0) is 12.8. The normalized spacial score (nSPS) is 12.0. The summed E-state index contributed by atoms with van der Waals surface area (Å²) < 4.78 is 5.21. The monoisotopic (exact) mass is 237 g/mol. The standard InChI is InChI=1S/C12H19N3O2/c1-4-8-5-6-10(17-3)9(7-8)11(13)12(16)15-14-2/h5-7,11,14H,4,13H2,1-3H3,(H,15,16). The van der Waals surface area contributed by atoms with Gasteiger partial charge in [-0.2, -0.15) is 0 Å². The average molecular weight is 237 g/mol. The fourth-order valence-electron chi connectivity index (χ4n) is 1.59. The summed E-state index contributed by atoms with van der Waals surface area (Å²) in [6.45, 7) is 2.05. The zero-order valence-corrected chi connectivity index (χ0v) is 10.4. The molecule has 0 aliphatic carbocycles. The van der Waals surface area contributed by atoms with E-state index in [9.17, 15) is 4.79 Å². The van der Waals surface area contributed by atoms with Gasteiger partial charge in [-0.3, -0.25) is 10.2 Å². The van der Waals surface area contributed by atoms with Gasteiger partial charge in [-0.15, -0.1) is 0 Å². The second-order valence-electron chi connectivity index (χ2n) is 3.65. The van der Waals surface area contributed by atoms with E-state index >= 15 is 0 Å². The minimum absolute atomic E-state index is 0.293. The Morgan fingerprint density at radius 3 is 2.76 bits per heavy atom. The fraction of sp³-hybridized carbons (Fsp3) is 0.417. The third-order valence-electron chi connectivity index (χ3n) is 2.57. The molecule has 17 heavy (non-hydrogen) atoms. The molecule has 1 aromatic rings. The van der Waals surface area contributed by atoms with E-state index in [-0.39, 0.29) is 5.91 Å². The van der Waals surface area contributed by atoms with E-state index in [2.05, 4.69) is 10.9 Å². The first-order valence-corrected chi connectivity index (χ1v) is 5.53. The van der Waals surface area contributed by atoms with Crippen molar-refractivity contribution in [2.45, 2.75) is 19.4 Å². The third kappa shape index (κ3) is 3.18. The summed E-state index contributed by atoms with van der Waals surface area (Å²) in [6.07, 6.45) is 0.886. The molecule has 5 heteroatoms. The van der Waals surface area contributed by atoms with E-state index in [1.165, 1.54) is 0 Å².